The number of hydrogen-bond acceptors (Lipinski definition) is 2. The molecule has 1 rings (SSSR count). The first-order valence-electron chi connectivity index (χ1n) is 5.82. The van der Waals surface area contributed by atoms with Gasteiger partial charge in [-0.05, 0) is 25.3 Å². The molecule has 0 aromatic carbocycles. The van der Waals surface area contributed by atoms with E-state index in [0.717, 1.165) is 25.4 Å². The molecule has 0 aromatic rings. The summed E-state index contributed by atoms with van der Waals surface area (Å²) in [7, 11) is 0. The largest absolute Gasteiger partial charge is 0.392 e. The summed E-state index contributed by atoms with van der Waals surface area (Å²) in [5, 5.41) is 9.81. The summed E-state index contributed by atoms with van der Waals surface area (Å²) in [6.07, 6.45) is 2.09. The SMILES string of the molecule is CC(C)CCN1CCC(O)C(C)(C)C1. The minimum absolute atomic E-state index is 0.0786. The van der Waals surface area contributed by atoms with E-state index in [1.165, 1.54) is 13.0 Å². The van der Waals surface area contributed by atoms with Crippen LogP contribution in [0.5, 0.6) is 0 Å². The summed E-state index contributed by atoms with van der Waals surface area (Å²) < 4.78 is 0. The van der Waals surface area contributed by atoms with Gasteiger partial charge in [0.2, 0.25) is 0 Å². The molecular formula is C12H25NO. The zero-order valence-corrected chi connectivity index (χ0v) is 10.1. The predicted octanol–water partition coefficient (Wildman–Crippen LogP) is 2.13. The first-order chi connectivity index (χ1) is 6.42. The van der Waals surface area contributed by atoms with Crippen molar-refractivity contribution in [1.29, 1.82) is 0 Å². The van der Waals surface area contributed by atoms with Crippen LogP contribution in [0.3, 0.4) is 0 Å². The second kappa shape index (κ2) is 4.63. The molecule has 0 bridgehead atoms. The van der Waals surface area contributed by atoms with E-state index in [0.29, 0.717) is 0 Å². The van der Waals surface area contributed by atoms with E-state index >= 15 is 0 Å². The van der Waals surface area contributed by atoms with Crippen molar-refractivity contribution in [1.82, 2.24) is 4.90 Å². The number of nitrogens with zero attached hydrogens (tertiary/aromatic N) is 1. The molecule has 2 heteroatoms. The smallest absolute Gasteiger partial charge is 0.0615 e. The van der Waals surface area contributed by atoms with E-state index in [9.17, 15) is 5.11 Å². The number of aliphatic hydroxyl groups is 1. The Bertz CT molecular complexity index is 177. The van der Waals surface area contributed by atoms with Gasteiger partial charge in [0.05, 0.1) is 6.10 Å². The van der Waals surface area contributed by atoms with Gasteiger partial charge in [0.1, 0.15) is 0 Å². The number of aliphatic hydroxyl groups excluding tert-OH is 1. The van der Waals surface area contributed by atoms with E-state index in [1.807, 2.05) is 0 Å². The number of piperidine rings is 1. The van der Waals surface area contributed by atoms with Gasteiger partial charge in [0.15, 0.2) is 0 Å². The van der Waals surface area contributed by atoms with Crippen molar-refractivity contribution in [3.8, 4) is 0 Å². The van der Waals surface area contributed by atoms with Gasteiger partial charge < -0.3 is 10.0 Å². The van der Waals surface area contributed by atoms with Gasteiger partial charge in [0.25, 0.3) is 0 Å². The summed E-state index contributed by atoms with van der Waals surface area (Å²) in [5.41, 5.74) is 0.0786. The lowest BCUT2D eigenvalue weighted by molar-refractivity contribution is -0.0253. The topological polar surface area (TPSA) is 23.5 Å². The summed E-state index contributed by atoms with van der Waals surface area (Å²) in [6, 6.07) is 0. The van der Waals surface area contributed by atoms with Crippen molar-refractivity contribution in [2.45, 2.75) is 46.6 Å². The van der Waals surface area contributed by atoms with Crippen LogP contribution < -0.4 is 0 Å². The summed E-state index contributed by atoms with van der Waals surface area (Å²) >= 11 is 0. The molecule has 1 aliphatic rings. The predicted molar refractivity (Wildman–Crippen MR) is 60.3 cm³/mol. The van der Waals surface area contributed by atoms with Gasteiger partial charge in [-0.15, -0.1) is 0 Å². The van der Waals surface area contributed by atoms with Gasteiger partial charge in [-0.1, -0.05) is 27.7 Å². The van der Waals surface area contributed by atoms with Crippen LogP contribution in [-0.2, 0) is 0 Å². The highest BCUT2D eigenvalue weighted by atomic mass is 16.3. The fourth-order valence-corrected chi connectivity index (χ4v) is 2.09. The maximum absolute atomic E-state index is 9.81. The Labute approximate surface area is 88.3 Å². The molecular weight excluding hydrogens is 174 g/mol. The monoisotopic (exact) mass is 199 g/mol. The highest BCUT2D eigenvalue weighted by molar-refractivity contribution is 4.86. The lowest BCUT2D eigenvalue weighted by Crippen LogP contribution is -2.48. The molecule has 1 saturated heterocycles. The number of rotatable bonds is 3. The minimum Gasteiger partial charge on any atom is -0.392 e. The fourth-order valence-electron chi connectivity index (χ4n) is 2.09. The van der Waals surface area contributed by atoms with Crippen LogP contribution in [0, 0.1) is 11.3 Å². The molecule has 84 valence electrons. The molecule has 1 unspecified atom stereocenters. The van der Waals surface area contributed by atoms with Crippen LogP contribution in [0.4, 0.5) is 0 Å². The summed E-state index contributed by atoms with van der Waals surface area (Å²) in [4.78, 5) is 2.49. The van der Waals surface area contributed by atoms with Crippen molar-refractivity contribution < 1.29 is 5.11 Å². The van der Waals surface area contributed by atoms with Gasteiger partial charge in [-0.25, -0.2) is 0 Å². The molecule has 0 amide bonds. The van der Waals surface area contributed by atoms with E-state index in [1.54, 1.807) is 0 Å². The van der Waals surface area contributed by atoms with Gasteiger partial charge in [-0.3, -0.25) is 0 Å². The Hall–Kier alpha value is -0.0800. The van der Waals surface area contributed by atoms with E-state index in [4.69, 9.17) is 0 Å². The van der Waals surface area contributed by atoms with Gasteiger partial charge >= 0.3 is 0 Å². The van der Waals surface area contributed by atoms with Crippen LogP contribution in [-0.4, -0.2) is 35.7 Å². The first kappa shape index (κ1) is 12.0. The minimum atomic E-state index is -0.113. The standard InChI is InChI=1S/C12H25NO/c1-10(2)5-7-13-8-6-11(14)12(3,4)9-13/h10-11,14H,5-9H2,1-4H3. The maximum atomic E-state index is 9.81. The van der Waals surface area contributed by atoms with Crippen LogP contribution in [0.25, 0.3) is 0 Å². The number of likely N-dealkylation sites (tertiary alicyclic amines) is 1. The van der Waals surface area contributed by atoms with Crippen molar-refractivity contribution >= 4 is 0 Å². The molecule has 0 spiro atoms. The molecule has 0 saturated carbocycles. The van der Waals surface area contributed by atoms with Crippen molar-refractivity contribution in [3.63, 3.8) is 0 Å². The average molecular weight is 199 g/mol. The fraction of sp³-hybridized carbons (Fsp3) is 1.00. The van der Waals surface area contributed by atoms with Gasteiger partial charge in [0, 0.05) is 18.5 Å². The normalized spacial score (nSPS) is 28.3. The highest BCUT2D eigenvalue weighted by Crippen LogP contribution is 2.29. The third kappa shape index (κ3) is 3.25. The lowest BCUT2D eigenvalue weighted by atomic mass is 9.81. The zero-order valence-electron chi connectivity index (χ0n) is 10.1. The molecule has 1 aliphatic heterocycles. The Morgan fingerprint density at radius 2 is 2.07 bits per heavy atom. The first-order valence-corrected chi connectivity index (χ1v) is 5.82. The van der Waals surface area contributed by atoms with Crippen molar-refractivity contribution in [3.05, 3.63) is 0 Å². The molecule has 0 radical (unpaired) electrons. The third-order valence-corrected chi connectivity index (χ3v) is 3.27. The Morgan fingerprint density at radius 3 is 2.57 bits per heavy atom. The Morgan fingerprint density at radius 1 is 1.43 bits per heavy atom. The van der Waals surface area contributed by atoms with Crippen molar-refractivity contribution in [2.75, 3.05) is 19.6 Å². The molecule has 1 heterocycles. The maximum Gasteiger partial charge on any atom is 0.0615 e. The molecule has 2 nitrogen and oxygen atoms in total. The Balaban J connectivity index is 2.36. The molecule has 1 N–H and O–H groups in total. The van der Waals surface area contributed by atoms with Crippen molar-refractivity contribution in [2.24, 2.45) is 11.3 Å². The van der Waals surface area contributed by atoms with Crippen LogP contribution in [0.1, 0.15) is 40.5 Å². The van der Waals surface area contributed by atoms with Gasteiger partial charge in [-0.2, -0.15) is 0 Å². The third-order valence-electron chi connectivity index (χ3n) is 3.27. The quantitative estimate of drug-likeness (QED) is 0.752. The van der Waals surface area contributed by atoms with Crippen LogP contribution >= 0.6 is 0 Å². The summed E-state index contributed by atoms with van der Waals surface area (Å²) in [5.74, 6) is 0.782. The molecule has 1 fully saturated rings. The van der Waals surface area contributed by atoms with E-state index < -0.39 is 0 Å². The molecule has 0 aromatic heterocycles. The van der Waals surface area contributed by atoms with Crippen LogP contribution in [0.2, 0.25) is 0 Å². The second-order valence-corrected chi connectivity index (χ2v) is 5.75. The second-order valence-electron chi connectivity index (χ2n) is 5.75. The van der Waals surface area contributed by atoms with E-state index in [-0.39, 0.29) is 11.5 Å². The van der Waals surface area contributed by atoms with Crippen LogP contribution in [0.15, 0.2) is 0 Å². The average Bonchev–Trinajstić information content (AvgIpc) is 2.07. The molecule has 1 atom stereocenters. The summed E-state index contributed by atoms with van der Waals surface area (Å²) in [6.45, 7) is 12.2. The number of hydrogen-bond donors (Lipinski definition) is 1. The zero-order chi connectivity index (χ0) is 10.8. The molecule has 14 heavy (non-hydrogen) atoms. The highest BCUT2D eigenvalue weighted by Gasteiger charge is 2.34. The Kier molecular flexibility index (Phi) is 3.96. The molecule has 0 aliphatic carbocycles. The van der Waals surface area contributed by atoms with E-state index in [2.05, 4.69) is 32.6 Å². The lowest BCUT2D eigenvalue weighted by Gasteiger charge is -2.42.